The first-order valence-electron chi connectivity index (χ1n) is 7.76. The molecule has 1 rings (SSSR count). The van der Waals surface area contributed by atoms with Gasteiger partial charge in [-0.2, -0.15) is 0 Å². The standard InChI is InChI=1S/C16H28N2O2S/c1-7-12(8-2)11(4)17-15-18-13(10-21-15)16(5,6)14(19)20-9-3/h10-12H,7-9H2,1-6H3,(H,17,18). The normalized spacial score (nSPS) is 13.3. The Morgan fingerprint density at radius 3 is 2.52 bits per heavy atom. The van der Waals surface area contributed by atoms with E-state index < -0.39 is 5.41 Å². The third-order valence-corrected chi connectivity index (χ3v) is 4.81. The van der Waals surface area contributed by atoms with Gasteiger partial charge in [-0.1, -0.05) is 26.7 Å². The molecule has 0 aliphatic carbocycles. The fraction of sp³-hybridized carbons (Fsp3) is 0.750. The highest BCUT2D eigenvalue weighted by Gasteiger charge is 2.34. The van der Waals surface area contributed by atoms with Crippen LogP contribution in [0.5, 0.6) is 0 Å². The molecule has 0 bridgehead atoms. The molecule has 0 aliphatic rings. The molecular weight excluding hydrogens is 284 g/mol. The molecule has 1 N–H and O–H groups in total. The van der Waals surface area contributed by atoms with Gasteiger partial charge in [0.2, 0.25) is 0 Å². The molecule has 5 heteroatoms. The predicted octanol–water partition coefficient (Wildman–Crippen LogP) is 4.22. The molecule has 1 atom stereocenters. The van der Waals surface area contributed by atoms with Crippen LogP contribution in [0.15, 0.2) is 5.38 Å². The van der Waals surface area contributed by atoms with E-state index in [0.717, 1.165) is 23.7 Å². The highest BCUT2D eigenvalue weighted by molar-refractivity contribution is 7.13. The molecule has 0 saturated carbocycles. The molecule has 0 radical (unpaired) electrons. The summed E-state index contributed by atoms with van der Waals surface area (Å²) in [5.41, 5.74) is 0.0649. The Morgan fingerprint density at radius 2 is 2.00 bits per heavy atom. The summed E-state index contributed by atoms with van der Waals surface area (Å²) in [6.45, 7) is 12.5. The van der Waals surface area contributed by atoms with Gasteiger partial charge in [0, 0.05) is 11.4 Å². The Morgan fingerprint density at radius 1 is 1.38 bits per heavy atom. The van der Waals surface area contributed by atoms with Gasteiger partial charge in [-0.05, 0) is 33.6 Å². The summed E-state index contributed by atoms with van der Waals surface area (Å²) < 4.78 is 5.13. The zero-order valence-electron chi connectivity index (χ0n) is 14.0. The van der Waals surface area contributed by atoms with Crippen LogP contribution >= 0.6 is 11.3 Å². The molecule has 0 aliphatic heterocycles. The van der Waals surface area contributed by atoms with Crippen molar-refractivity contribution in [3.05, 3.63) is 11.1 Å². The number of nitrogens with zero attached hydrogens (tertiary/aromatic N) is 1. The lowest BCUT2D eigenvalue weighted by Gasteiger charge is -2.22. The van der Waals surface area contributed by atoms with Gasteiger partial charge in [-0.15, -0.1) is 11.3 Å². The van der Waals surface area contributed by atoms with Crippen molar-refractivity contribution in [1.82, 2.24) is 4.98 Å². The maximum absolute atomic E-state index is 12.0. The Balaban J connectivity index is 2.79. The molecule has 4 nitrogen and oxygen atoms in total. The monoisotopic (exact) mass is 312 g/mol. The molecule has 21 heavy (non-hydrogen) atoms. The molecule has 0 amide bonds. The van der Waals surface area contributed by atoms with Gasteiger partial charge in [-0.25, -0.2) is 4.98 Å². The zero-order valence-corrected chi connectivity index (χ0v) is 14.8. The lowest BCUT2D eigenvalue weighted by atomic mass is 9.90. The number of nitrogens with one attached hydrogen (secondary N) is 1. The SMILES string of the molecule is CCOC(=O)C(C)(C)c1csc(NC(C)C(CC)CC)n1. The van der Waals surface area contributed by atoms with Crippen LogP contribution in [0, 0.1) is 5.92 Å². The third-order valence-electron chi connectivity index (χ3n) is 4.04. The van der Waals surface area contributed by atoms with Crippen LogP contribution in [0.4, 0.5) is 5.13 Å². The molecule has 120 valence electrons. The van der Waals surface area contributed by atoms with Crippen LogP contribution in [-0.4, -0.2) is 23.6 Å². The van der Waals surface area contributed by atoms with Crippen molar-refractivity contribution in [2.24, 2.45) is 5.92 Å². The topological polar surface area (TPSA) is 51.2 Å². The van der Waals surface area contributed by atoms with Crippen molar-refractivity contribution in [3.8, 4) is 0 Å². The van der Waals surface area contributed by atoms with Crippen molar-refractivity contribution >= 4 is 22.4 Å². The van der Waals surface area contributed by atoms with E-state index in [1.807, 2.05) is 26.2 Å². The zero-order chi connectivity index (χ0) is 16.0. The van der Waals surface area contributed by atoms with Gasteiger partial charge < -0.3 is 10.1 Å². The maximum atomic E-state index is 12.0. The number of hydrogen-bond acceptors (Lipinski definition) is 5. The second-order valence-electron chi connectivity index (χ2n) is 5.89. The number of carbonyl (C=O) groups is 1. The third kappa shape index (κ3) is 4.43. The van der Waals surface area contributed by atoms with Crippen molar-refractivity contribution in [2.75, 3.05) is 11.9 Å². The van der Waals surface area contributed by atoms with E-state index in [2.05, 4.69) is 31.1 Å². The fourth-order valence-corrected chi connectivity index (χ4v) is 3.33. The van der Waals surface area contributed by atoms with E-state index in [9.17, 15) is 4.79 Å². The number of ether oxygens (including phenoxy) is 1. The second kappa shape index (κ2) is 7.78. The minimum absolute atomic E-state index is 0.227. The first kappa shape index (κ1) is 18.0. The minimum atomic E-state index is -0.704. The van der Waals surface area contributed by atoms with Crippen LogP contribution in [-0.2, 0) is 14.9 Å². The van der Waals surface area contributed by atoms with Gasteiger partial charge in [0.05, 0.1) is 12.3 Å². The Hall–Kier alpha value is -1.10. The highest BCUT2D eigenvalue weighted by Crippen LogP contribution is 2.29. The Labute approximate surface area is 132 Å². The molecule has 0 saturated heterocycles. The Kier molecular flexibility index (Phi) is 6.65. The van der Waals surface area contributed by atoms with Crippen LogP contribution in [0.25, 0.3) is 0 Å². The summed E-state index contributed by atoms with van der Waals surface area (Å²) in [5, 5.41) is 6.28. The summed E-state index contributed by atoms with van der Waals surface area (Å²) >= 11 is 1.55. The number of aromatic nitrogens is 1. The van der Waals surface area contributed by atoms with Crippen LogP contribution in [0.1, 0.15) is 60.1 Å². The number of thiazole rings is 1. The van der Waals surface area contributed by atoms with E-state index in [0.29, 0.717) is 18.6 Å². The summed E-state index contributed by atoms with van der Waals surface area (Å²) in [6.07, 6.45) is 2.30. The van der Waals surface area contributed by atoms with Crippen molar-refractivity contribution in [2.45, 2.75) is 65.8 Å². The predicted molar refractivity (Wildman–Crippen MR) is 88.9 cm³/mol. The van der Waals surface area contributed by atoms with Crippen LogP contribution in [0.3, 0.4) is 0 Å². The molecule has 1 aromatic rings. The van der Waals surface area contributed by atoms with Crippen molar-refractivity contribution in [3.63, 3.8) is 0 Å². The minimum Gasteiger partial charge on any atom is -0.465 e. The summed E-state index contributed by atoms with van der Waals surface area (Å²) in [4.78, 5) is 16.6. The number of hydrogen-bond donors (Lipinski definition) is 1. The maximum Gasteiger partial charge on any atom is 0.317 e. The summed E-state index contributed by atoms with van der Waals surface area (Å²) in [7, 11) is 0. The van der Waals surface area contributed by atoms with E-state index in [1.165, 1.54) is 0 Å². The lowest BCUT2D eigenvalue weighted by Crippen LogP contribution is -2.31. The second-order valence-corrected chi connectivity index (χ2v) is 6.75. The highest BCUT2D eigenvalue weighted by atomic mass is 32.1. The van der Waals surface area contributed by atoms with E-state index in [-0.39, 0.29) is 5.97 Å². The molecule has 1 heterocycles. The van der Waals surface area contributed by atoms with Gasteiger partial charge in [0.25, 0.3) is 0 Å². The molecule has 0 aromatic carbocycles. The van der Waals surface area contributed by atoms with E-state index in [4.69, 9.17) is 4.74 Å². The molecule has 0 spiro atoms. The summed E-state index contributed by atoms with van der Waals surface area (Å²) in [5.74, 6) is 0.408. The molecule has 1 unspecified atom stereocenters. The van der Waals surface area contributed by atoms with Crippen LogP contribution in [0.2, 0.25) is 0 Å². The van der Waals surface area contributed by atoms with E-state index in [1.54, 1.807) is 11.3 Å². The fourth-order valence-electron chi connectivity index (χ4n) is 2.35. The average molecular weight is 312 g/mol. The smallest absolute Gasteiger partial charge is 0.317 e. The van der Waals surface area contributed by atoms with Gasteiger partial charge in [-0.3, -0.25) is 4.79 Å². The molecule has 0 fully saturated rings. The lowest BCUT2D eigenvalue weighted by molar-refractivity contribution is -0.148. The number of esters is 1. The van der Waals surface area contributed by atoms with Gasteiger partial charge in [0.1, 0.15) is 5.41 Å². The van der Waals surface area contributed by atoms with Gasteiger partial charge >= 0.3 is 5.97 Å². The number of rotatable bonds is 8. The van der Waals surface area contributed by atoms with Gasteiger partial charge in [0.15, 0.2) is 5.13 Å². The Bertz CT molecular complexity index is 453. The molecular formula is C16H28N2O2S. The quantitative estimate of drug-likeness (QED) is 0.730. The van der Waals surface area contributed by atoms with Crippen LogP contribution < -0.4 is 5.32 Å². The summed E-state index contributed by atoms with van der Waals surface area (Å²) in [6, 6.07) is 0.379. The first-order chi connectivity index (χ1) is 9.86. The number of anilines is 1. The molecule has 1 aromatic heterocycles. The largest absolute Gasteiger partial charge is 0.465 e. The van der Waals surface area contributed by atoms with E-state index >= 15 is 0 Å². The van der Waals surface area contributed by atoms with Crippen molar-refractivity contribution < 1.29 is 9.53 Å². The van der Waals surface area contributed by atoms with Crippen molar-refractivity contribution in [1.29, 1.82) is 0 Å². The number of carbonyl (C=O) groups excluding carboxylic acids is 1. The first-order valence-corrected chi connectivity index (χ1v) is 8.64. The average Bonchev–Trinajstić information content (AvgIpc) is 2.89.